The lowest BCUT2D eigenvalue weighted by atomic mass is 10.2. The lowest BCUT2D eigenvalue weighted by Gasteiger charge is -2.19. The molecule has 3 rings (SSSR count). The second kappa shape index (κ2) is 3.38. The molecule has 16 heavy (non-hydrogen) atoms. The summed E-state index contributed by atoms with van der Waals surface area (Å²) < 4.78 is 23.1. The van der Waals surface area contributed by atoms with Gasteiger partial charge in [0.05, 0.1) is 23.6 Å². The zero-order valence-electron chi connectivity index (χ0n) is 8.16. The minimum atomic E-state index is -2.94. The predicted octanol–water partition coefficient (Wildman–Crippen LogP) is 0.00320. The maximum absolute atomic E-state index is 11.5. The van der Waals surface area contributed by atoms with Gasteiger partial charge in [0.25, 0.3) is 0 Å². The van der Waals surface area contributed by atoms with E-state index in [4.69, 9.17) is 12.2 Å². The fourth-order valence-corrected chi connectivity index (χ4v) is 5.19. The number of nitrogens with one attached hydrogen (secondary N) is 1. The van der Waals surface area contributed by atoms with E-state index in [1.54, 1.807) is 6.20 Å². The smallest absolute Gasteiger partial charge is 0.191 e. The molecular weight excluding hydrogens is 266 g/mol. The molecule has 1 aromatic heterocycles. The number of anilines is 1. The van der Waals surface area contributed by atoms with Gasteiger partial charge in [0.2, 0.25) is 0 Å². The van der Waals surface area contributed by atoms with Crippen LogP contribution < -0.4 is 10.2 Å². The molecule has 0 spiro atoms. The van der Waals surface area contributed by atoms with E-state index in [9.17, 15) is 8.42 Å². The Hall–Kier alpha value is -0.730. The van der Waals surface area contributed by atoms with Gasteiger partial charge in [0.1, 0.15) is 0 Å². The zero-order chi connectivity index (χ0) is 11.3. The van der Waals surface area contributed by atoms with Gasteiger partial charge in [-0.25, -0.2) is 13.4 Å². The van der Waals surface area contributed by atoms with Crippen molar-refractivity contribution in [3.8, 4) is 0 Å². The normalized spacial score (nSPS) is 31.5. The van der Waals surface area contributed by atoms with Gasteiger partial charge < -0.3 is 5.32 Å². The number of hydrogen-bond acceptors (Lipinski definition) is 5. The van der Waals surface area contributed by atoms with Crippen LogP contribution in [0.2, 0.25) is 0 Å². The molecule has 0 amide bonds. The van der Waals surface area contributed by atoms with Gasteiger partial charge in [-0.05, 0) is 12.2 Å². The Balaban J connectivity index is 1.98. The Morgan fingerprint density at radius 3 is 3.06 bits per heavy atom. The molecule has 1 aromatic rings. The Bertz CT molecular complexity index is 525. The third-order valence-corrected chi connectivity index (χ3v) is 5.61. The van der Waals surface area contributed by atoms with Gasteiger partial charge in [0.15, 0.2) is 20.1 Å². The number of nitrogens with zero attached hydrogens (tertiary/aromatic N) is 2. The second-order valence-electron chi connectivity index (χ2n) is 3.88. The van der Waals surface area contributed by atoms with Gasteiger partial charge >= 0.3 is 0 Å². The number of rotatable bonds is 1. The van der Waals surface area contributed by atoms with Crippen molar-refractivity contribution in [2.75, 3.05) is 16.4 Å². The van der Waals surface area contributed by atoms with Crippen molar-refractivity contribution in [3.63, 3.8) is 0 Å². The summed E-state index contributed by atoms with van der Waals surface area (Å²) >= 11 is 6.67. The Morgan fingerprint density at radius 1 is 1.56 bits per heavy atom. The van der Waals surface area contributed by atoms with Gasteiger partial charge in [-0.3, -0.25) is 4.90 Å². The molecule has 2 fully saturated rings. The molecule has 86 valence electrons. The van der Waals surface area contributed by atoms with E-state index in [2.05, 4.69) is 10.3 Å². The highest BCUT2D eigenvalue weighted by molar-refractivity contribution is 7.91. The molecular formula is C8H9N3O2S3. The SMILES string of the molecule is O=S1(=O)C[C@@H]2NC(=S)N(c3nccs3)[C@@H]2C1. The summed E-state index contributed by atoms with van der Waals surface area (Å²) in [6, 6.07) is -0.176. The van der Waals surface area contributed by atoms with E-state index in [0.717, 1.165) is 5.13 Å². The quantitative estimate of drug-likeness (QED) is 0.728. The van der Waals surface area contributed by atoms with Crippen molar-refractivity contribution in [1.29, 1.82) is 0 Å². The van der Waals surface area contributed by atoms with Crippen molar-refractivity contribution in [3.05, 3.63) is 11.6 Å². The van der Waals surface area contributed by atoms with Crippen LogP contribution in [0.5, 0.6) is 0 Å². The highest BCUT2D eigenvalue weighted by Crippen LogP contribution is 2.30. The van der Waals surface area contributed by atoms with Crippen molar-refractivity contribution in [2.24, 2.45) is 0 Å². The van der Waals surface area contributed by atoms with Gasteiger partial charge in [0, 0.05) is 11.6 Å². The maximum atomic E-state index is 11.5. The monoisotopic (exact) mass is 275 g/mol. The van der Waals surface area contributed by atoms with Crippen LogP contribution in [0, 0.1) is 0 Å². The average Bonchev–Trinajstić information content (AvgIpc) is 2.79. The maximum Gasteiger partial charge on any atom is 0.191 e. The topological polar surface area (TPSA) is 62.3 Å². The van der Waals surface area contributed by atoms with E-state index in [-0.39, 0.29) is 23.6 Å². The van der Waals surface area contributed by atoms with Crippen LogP contribution in [0.1, 0.15) is 0 Å². The second-order valence-corrected chi connectivity index (χ2v) is 7.30. The molecule has 0 saturated carbocycles. The van der Waals surface area contributed by atoms with Gasteiger partial charge in [-0.2, -0.15) is 0 Å². The average molecular weight is 275 g/mol. The third kappa shape index (κ3) is 1.52. The molecule has 0 bridgehead atoms. The number of aromatic nitrogens is 1. The summed E-state index contributed by atoms with van der Waals surface area (Å²) in [6.45, 7) is 0. The highest BCUT2D eigenvalue weighted by Gasteiger charge is 2.48. The molecule has 5 nitrogen and oxygen atoms in total. The van der Waals surface area contributed by atoms with Crippen LogP contribution in [-0.2, 0) is 9.84 Å². The molecule has 2 atom stereocenters. The summed E-state index contributed by atoms with van der Waals surface area (Å²) in [5, 5.41) is 6.26. The highest BCUT2D eigenvalue weighted by atomic mass is 32.2. The Labute approximate surface area is 102 Å². The van der Waals surface area contributed by atoms with Crippen LogP contribution in [0.3, 0.4) is 0 Å². The number of sulfone groups is 1. The molecule has 2 saturated heterocycles. The predicted molar refractivity (Wildman–Crippen MR) is 66.6 cm³/mol. The largest absolute Gasteiger partial charge is 0.356 e. The molecule has 0 aromatic carbocycles. The first kappa shape index (κ1) is 10.4. The molecule has 3 heterocycles. The minimum Gasteiger partial charge on any atom is -0.356 e. The summed E-state index contributed by atoms with van der Waals surface area (Å²) in [4.78, 5) is 6.01. The first-order valence-electron chi connectivity index (χ1n) is 4.76. The lowest BCUT2D eigenvalue weighted by Crippen LogP contribution is -2.36. The number of fused-ring (bicyclic) bond motifs is 1. The molecule has 2 aliphatic rings. The van der Waals surface area contributed by atoms with Crippen LogP contribution in [0.15, 0.2) is 11.6 Å². The van der Waals surface area contributed by atoms with Gasteiger partial charge in [-0.15, -0.1) is 11.3 Å². The summed E-state index contributed by atoms with van der Waals surface area (Å²) in [5.41, 5.74) is 0. The van der Waals surface area contributed by atoms with E-state index in [1.165, 1.54) is 11.3 Å². The van der Waals surface area contributed by atoms with E-state index in [1.807, 2.05) is 10.3 Å². The lowest BCUT2D eigenvalue weighted by molar-refractivity contribution is 0.600. The van der Waals surface area contributed by atoms with Crippen LogP contribution in [0.25, 0.3) is 0 Å². The van der Waals surface area contributed by atoms with Crippen molar-refractivity contribution in [2.45, 2.75) is 12.1 Å². The summed E-state index contributed by atoms with van der Waals surface area (Å²) in [6.07, 6.45) is 1.69. The molecule has 8 heteroatoms. The van der Waals surface area contributed by atoms with Crippen molar-refractivity contribution in [1.82, 2.24) is 10.3 Å². The molecule has 0 radical (unpaired) electrons. The first-order valence-corrected chi connectivity index (χ1v) is 7.87. The fourth-order valence-electron chi connectivity index (χ4n) is 2.16. The fraction of sp³-hybridized carbons (Fsp3) is 0.500. The van der Waals surface area contributed by atoms with E-state index >= 15 is 0 Å². The van der Waals surface area contributed by atoms with Crippen molar-refractivity contribution >= 4 is 43.6 Å². The van der Waals surface area contributed by atoms with Crippen LogP contribution in [0.4, 0.5) is 5.13 Å². The number of thiocarbonyl (C=S) groups is 1. The molecule has 2 aliphatic heterocycles. The zero-order valence-corrected chi connectivity index (χ0v) is 10.6. The molecule has 1 N–H and O–H groups in total. The first-order chi connectivity index (χ1) is 7.57. The van der Waals surface area contributed by atoms with E-state index in [0.29, 0.717) is 5.11 Å². The van der Waals surface area contributed by atoms with Crippen LogP contribution >= 0.6 is 23.6 Å². The van der Waals surface area contributed by atoms with Gasteiger partial charge in [-0.1, -0.05) is 0 Å². The third-order valence-electron chi connectivity index (χ3n) is 2.81. The molecule has 0 aliphatic carbocycles. The number of hydrogen-bond donors (Lipinski definition) is 1. The summed E-state index contributed by atoms with van der Waals surface area (Å²) in [7, 11) is -2.94. The van der Waals surface area contributed by atoms with Crippen molar-refractivity contribution < 1.29 is 8.42 Å². The van der Waals surface area contributed by atoms with Crippen LogP contribution in [-0.4, -0.2) is 42.1 Å². The standard InChI is InChI=1S/C8H9N3O2S3/c12-16(13)3-5-6(4-16)11(7(14)10-5)8-9-1-2-15-8/h1-2,5-6H,3-4H2,(H,10,14)/t5-,6+/m0/s1. The number of thiazole rings is 1. The summed E-state index contributed by atoms with van der Waals surface area (Å²) in [5.74, 6) is 0.323. The Kier molecular flexibility index (Phi) is 2.20. The Morgan fingerprint density at radius 2 is 2.38 bits per heavy atom. The molecule has 0 unspecified atom stereocenters. The van der Waals surface area contributed by atoms with E-state index < -0.39 is 9.84 Å². The minimum absolute atomic E-state index is 0.0820.